The van der Waals surface area contributed by atoms with Gasteiger partial charge in [0, 0.05) is 30.4 Å². The van der Waals surface area contributed by atoms with Crippen molar-refractivity contribution in [2.45, 2.75) is 32.1 Å². The molecule has 2 aromatic rings. The van der Waals surface area contributed by atoms with Gasteiger partial charge in [-0.3, -0.25) is 14.6 Å². The van der Waals surface area contributed by atoms with E-state index in [9.17, 15) is 9.59 Å². The predicted octanol–water partition coefficient (Wildman–Crippen LogP) is 3.77. The Morgan fingerprint density at radius 1 is 1.13 bits per heavy atom. The van der Waals surface area contributed by atoms with E-state index in [4.69, 9.17) is 0 Å². The lowest BCUT2D eigenvalue weighted by Gasteiger charge is -2.16. The van der Waals surface area contributed by atoms with Crippen LogP contribution < -0.4 is 16.0 Å². The number of amides is 2. The first-order chi connectivity index (χ1) is 13.7. The van der Waals surface area contributed by atoms with Crippen LogP contribution in [0.1, 0.15) is 50.4 Å². The Morgan fingerprint density at radius 3 is 2.70 bits per heavy atom. The van der Waals surface area contributed by atoms with Crippen molar-refractivity contribution in [3.63, 3.8) is 0 Å². The first-order valence-corrected chi connectivity index (χ1v) is 10.6. The molecule has 30 heavy (non-hydrogen) atoms. The third-order valence-corrected chi connectivity index (χ3v) is 6.39. The van der Waals surface area contributed by atoms with Gasteiger partial charge in [-0.15, -0.1) is 36.2 Å². The van der Waals surface area contributed by atoms with Crippen molar-refractivity contribution >= 4 is 53.0 Å². The fraction of sp³-hybridized carbons (Fsp3) is 0.381. The average molecular weight is 469 g/mol. The summed E-state index contributed by atoms with van der Waals surface area (Å²) in [6.45, 7) is 2.36. The number of hydrogen-bond acceptors (Lipinski definition) is 5. The Bertz CT molecular complexity index is 915. The lowest BCUT2D eigenvalue weighted by molar-refractivity contribution is 0.0956. The number of hydrogen-bond donors (Lipinski definition) is 3. The topological polar surface area (TPSA) is 83.1 Å². The van der Waals surface area contributed by atoms with E-state index in [-0.39, 0.29) is 36.6 Å². The van der Waals surface area contributed by atoms with Crippen molar-refractivity contribution in [3.05, 3.63) is 57.7 Å². The number of carbonyl (C=O) groups is 2. The molecule has 4 rings (SSSR count). The highest BCUT2D eigenvalue weighted by Gasteiger charge is 2.26. The van der Waals surface area contributed by atoms with Crippen LogP contribution in [0.25, 0.3) is 0 Å². The second kappa shape index (κ2) is 11.5. The number of nitrogens with zero attached hydrogens (tertiary/aromatic N) is 1. The summed E-state index contributed by atoms with van der Waals surface area (Å²) < 4.78 is 0. The second-order valence-corrected chi connectivity index (χ2v) is 8.22. The van der Waals surface area contributed by atoms with E-state index in [0.29, 0.717) is 22.7 Å². The van der Waals surface area contributed by atoms with Gasteiger partial charge in [-0.25, -0.2) is 0 Å². The average Bonchev–Trinajstić information content (AvgIpc) is 3.11. The van der Waals surface area contributed by atoms with Gasteiger partial charge in [-0.1, -0.05) is 11.6 Å². The summed E-state index contributed by atoms with van der Waals surface area (Å²) in [5.41, 5.74) is 3.48. The second-order valence-electron chi connectivity index (χ2n) is 7.11. The number of aromatic nitrogens is 1. The zero-order valence-electron chi connectivity index (χ0n) is 16.5. The molecule has 0 bridgehead atoms. The van der Waals surface area contributed by atoms with E-state index < -0.39 is 0 Å². The lowest BCUT2D eigenvalue weighted by atomic mass is 9.95. The molecule has 0 aromatic carbocycles. The number of carbonyl (C=O) groups excluding carboxylic acids is 2. The number of rotatable bonds is 5. The maximum absolute atomic E-state index is 13.0. The third kappa shape index (κ3) is 5.60. The van der Waals surface area contributed by atoms with Crippen LogP contribution in [-0.2, 0) is 12.8 Å². The number of fused-ring (bicyclic) bond motifs is 1. The molecule has 1 aliphatic heterocycles. The number of anilines is 1. The van der Waals surface area contributed by atoms with E-state index in [1.54, 1.807) is 18.3 Å². The monoisotopic (exact) mass is 468 g/mol. The zero-order valence-corrected chi connectivity index (χ0v) is 19.0. The van der Waals surface area contributed by atoms with Gasteiger partial charge in [0.2, 0.25) is 0 Å². The van der Waals surface area contributed by atoms with E-state index in [1.807, 2.05) is 0 Å². The van der Waals surface area contributed by atoms with Crippen LogP contribution in [0.5, 0.6) is 0 Å². The van der Waals surface area contributed by atoms with Gasteiger partial charge >= 0.3 is 0 Å². The minimum Gasteiger partial charge on any atom is -0.348 e. The quantitative estimate of drug-likeness (QED) is 0.583. The van der Waals surface area contributed by atoms with Crippen LogP contribution >= 0.6 is 36.2 Å². The summed E-state index contributed by atoms with van der Waals surface area (Å²) in [6.07, 6.45) is 10.3. The minimum absolute atomic E-state index is 0. The van der Waals surface area contributed by atoms with Crippen LogP contribution in [0.15, 0.2) is 36.2 Å². The van der Waals surface area contributed by atoms with E-state index >= 15 is 0 Å². The Hall–Kier alpha value is -1.93. The third-order valence-electron chi connectivity index (χ3n) is 5.18. The zero-order chi connectivity index (χ0) is 19.3. The smallest absolute Gasteiger partial charge is 0.257 e. The molecule has 0 atom stereocenters. The fourth-order valence-electron chi connectivity index (χ4n) is 3.68. The Kier molecular flexibility index (Phi) is 9.30. The van der Waals surface area contributed by atoms with Gasteiger partial charge in [-0.05, 0) is 56.3 Å². The van der Waals surface area contributed by atoms with E-state index in [2.05, 4.69) is 27.0 Å². The Morgan fingerprint density at radius 2 is 1.97 bits per heavy atom. The largest absolute Gasteiger partial charge is 0.348 e. The number of thiophene rings is 1. The maximum atomic E-state index is 13.0. The molecule has 2 aliphatic rings. The van der Waals surface area contributed by atoms with Crippen molar-refractivity contribution in [1.29, 1.82) is 0 Å². The summed E-state index contributed by atoms with van der Waals surface area (Å²) in [4.78, 5) is 30.9. The molecular formula is C21H26Cl2N4O2S. The molecule has 2 aromatic heterocycles. The lowest BCUT2D eigenvalue weighted by Crippen LogP contribution is -2.30. The maximum Gasteiger partial charge on any atom is 0.257 e. The van der Waals surface area contributed by atoms with Gasteiger partial charge in [-0.2, -0.15) is 0 Å². The van der Waals surface area contributed by atoms with Crippen molar-refractivity contribution in [2.75, 3.05) is 25.0 Å². The van der Waals surface area contributed by atoms with Gasteiger partial charge in [0.15, 0.2) is 0 Å². The molecule has 3 heterocycles. The van der Waals surface area contributed by atoms with E-state index in [1.165, 1.54) is 28.0 Å². The number of nitrogens with one attached hydrogen (secondary N) is 3. The van der Waals surface area contributed by atoms with Gasteiger partial charge in [0.25, 0.3) is 11.8 Å². The van der Waals surface area contributed by atoms with Crippen LogP contribution in [0, 0.1) is 0 Å². The molecule has 0 spiro atoms. The number of pyridine rings is 1. The molecule has 2 amide bonds. The first-order valence-electron chi connectivity index (χ1n) is 9.75. The Labute approximate surface area is 192 Å². The van der Waals surface area contributed by atoms with Gasteiger partial charge in [0.1, 0.15) is 5.00 Å². The molecule has 0 saturated carbocycles. The first kappa shape index (κ1) is 24.3. The molecule has 0 unspecified atom stereocenters. The highest BCUT2D eigenvalue weighted by Crippen LogP contribution is 2.38. The van der Waals surface area contributed by atoms with Crippen molar-refractivity contribution in [1.82, 2.24) is 15.6 Å². The Balaban J connectivity index is 0.00000160. The standard InChI is InChI=1S/C21H24N4O2S.2ClH/c26-19(15-4-3-9-23-13-15)25-21-18(16-5-1-2-6-17(16)28-21)20(27)24-12-14-7-10-22-11-8-14;;/h3-4,7,9,13,22H,1-2,5-6,8,10-12H2,(H,24,27)(H,25,26);2*1H. The summed E-state index contributed by atoms with van der Waals surface area (Å²) in [6, 6.07) is 3.45. The molecule has 3 N–H and O–H groups in total. The molecule has 1 aliphatic carbocycles. The molecule has 6 nitrogen and oxygen atoms in total. The van der Waals surface area contributed by atoms with Crippen LogP contribution in [0.3, 0.4) is 0 Å². The van der Waals surface area contributed by atoms with Crippen LogP contribution in [-0.4, -0.2) is 36.4 Å². The van der Waals surface area contributed by atoms with Crippen LogP contribution in [0.4, 0.5) is 5.00 Å². The van der Waals surface area contributed by atoms with Crippen molar-refractivity contribution in [2.24, 2.45) is 0 Å². The summed E-state index contributed by atoms with van der Waals surface area (Å²) in [5.74, 6) is -0.331. The summed E-state index contributed by atoms with van der Waals surface area (Å²) in [7, 11) is 0. The van der Waals surface area contributed by atoms with Crippen LogP contribution in [0.2, 0.25) is 0 Å². The minimum atomic E-state index is -0.234. The fourth-order valence-corrected chi connectivity index (χ4v) is 4.96. The predicted molar refractivity (Wildman–Crippen MR) is 126 cm³/mol. The summed E-state index contributed by atoms with van der Waals surface area (Å²) in [5, 5.41) is 9.95. The molecule has 9 heteroatoms. The molecule has 0 radical (unpaired) electrons. The van der Waals surface area contributed by atoms with Crippen molar-refractivity contribution < 1.29 is 9.59 Å². The van der Waals surface area contributed by atoms with Gasteiger partial charge in [0.05, 0.1) is 11.1 Å². The van der Waals surface area contributed by atoms with Crippen molar-refractivity contribution in [3.8, 4) is 0 Å². The normalized spacial score (nSPS) is 15.0. The molecule has 0 saturated heterocycles. The van der Waals surface area contributed by atoms with Gasteiger partial charge < -0.3 is 16.0 Å². The number of halogens is 2. The highest BCUT2D eigenvalue weighted by molar-refractivity contribution is 7.17. The SMILES string of the molecule is Cl.Cl.O=C(Nc1sc2c(c1C(=O)NCC1=CCNCC1)CCCC2)c1cccnc1. The molecule has 162 valence electrons. The number of aryl methyl sites for hydroxylation is 1. The highest BCUT2D eigenvalue weighted by atomic mass is 35.5. The molecular weight excluding hydrogens is 443 g/mol. The molecule has 0 fully saturated rings. The van der Waals surface area contributed by atoms with E-state index in [0.717, 1.165) is 50.8 Å². The summed E-state index contributed by atoms with van der Waals surface area (Å²) >= 11 is 1.54.